The van der Waals surface area contributed by atoms with E-state index < -0.39 is 0 Å². The van der Waals surface area contributed by atoms with Crippen LogP contribution in [0, 0.1) is 0 Å². The average Bonchev–Trinajstić information content (AvgIpc) is 2.65. The Morgan fingerprint density at radius 3 is 1.88 bits per heavy atom. The third-order valence-electron chi connectivity index (χ3n) is 3.13. The molecule has 0 saturated carbocycles. The van der Waals surface area contributed by atoms with E-state index in [-0.39, 0.29) is 11.3 Å². The lowest BCUT2D eigenvalue weighted by Crippen LogP contribution is -1.98. The highest BCUT2D eigenvalue weighted by atomic mass is 79.9. The molecule has 0 aliphatic carbocycles. The summed E-state index contributed by atoms with van der Waals surface area (Å²) in [6.45, 7) is 2.39. The fourth-order valence-corrected chi connectivity index (χ4v) is 2.92. The third-order valence-corrected chi connectivity index (χ3v) is 4.32. The van der Waals surface area contributed by atoms with E-state index in [1.54, 1.807) is 25.3 Å². The number of phenolic OH excluding ortho intramolecular Hbond substituents is 1. The van der Waals surface area contributed by atoms with Gasteiger partial charge in [0.15, 0.2) is 12.6 Å². The standard InChI is InChI=1S/C10H11BrO3.C8H7BrO3/c1-3-14-10-7(6-12)4-8(13-2)5-9(10)11;1-12-6-2-5(4-10)8(11)7(9)3-6/h4-6H,3H2,1-2H3;2-4,11H,1H3. The van der Waals surface area contributed by atoms with Crippen LogP contribution in [0.15, 0.2) is 33.2 Å². The van der Waals surface area contributed by atoms with Crippen molar-refractivity contribution in [1.29, 1.82) is 0 Å². The van der Waals surface area contributed by atoms with E-state index in [0.29, 0.717) is 40.2 Å². The minimum absolute atomic E-state index is 0.0641. The van der Waals surface area contributed by atoms with Crippen molar-refractivity contribution >= 4 is 44.4 Å². The molecule has 0 unspecified atom stereocenters. The molecule has 0 atom stereocenters. The quantitative estimate of drug-likeness (QED) is 0.595. The molecule has 0 fully saturated rings. The van der Waals surface area contributed by atoms with Gasteiger partial charge in [-0.3, -0.25) is 9.59 Å². The Hall–Kier alpha value is -2.06. The van der Waals surface area contributed by atoms with Gasteiger partial charge in [-0.2, -0.15) is 0 Å². The molecule has 6 nitrogen and oxygen atoms in total. The molecule has 8 heteroatoms. The highest BCUT2D eigenvalue weighted by molar-refractivity contribution is 9.10. The lowest BCUT2D eigenvalue weighted by Gasteiger charge is -2.10. The summed E-state index contributed by atoms with van der Waals surface area (Å²) in [5.74, 6) is 1.65. The summed E-state index contributed by atoms with van der Waals surface area (Å²) in [5, 5.41) is 9.28. The predicted molar refractivity (Wildman–Crippen MR) is 105 cm³/mol. The maximum absolute atomic E-state index is 10.8. The number of halogens is 2. The minimum atomic E-state index is -0.0641. The summed E-state index contributed by atoms with van der Waals surface area (Å²) in [4.78, 5) is 21.2. The van der Waals surface area contributed by atoms with Gasteiger partial charge in [0.2, 0.25) is 0 Å². The number of ether oxygens (including phenoxy) is 3. The molecule has 0 aliphatic rings. The van der Waals surface area contributed by atoms with Crippen molar-refractivity contribution < 1.29 is 28.9 Å². The molecule has 0 heterocycles. The van der Waals surface area contributed by atoms with Crippen LogP contribution in [-0.4, -0.2) is 38.5 Å². The highest BCUT2D eigenvalue weighted by Crippen LogP contribution is 2.33. The van der Waals surface area contributed by atoms with E-state index in [9.17, 15) is 14.7 Å². The smallest absolute Gasteiger partial charge is 0.153 e. The zero-order valence-electron chi connectivity index (χ0n) is 14.4. The SMILES string of the molecule is CCOc1c(Br)cc(OC)cc1C=O.COc1cc(Br)c(O)c(C=O)c1. The van der Waals surface area contributed by atoms with E-state index in [1.807, 2.05) is 6.92 Å². The summed E-state index contributed by atoms with van der Waals surface area (Å²) in [7, 11) is 3.05. The van der Waals surface area contributed by atoms with E-state index in [0.717, 1.165) is 10.8 Å². The van der Waals surface area contributed by atoms with Crippen LogP contribution < -0.4 is 14.2 Å². The topological polar surface area (TPSA) is 82.1 Å². The number of methoxy groups -OCH3 is 2. The lowest BCUT2D eigenvalue weighted by molar-refractivity contribution is 0.111. The number of carbonyl (C=O) groups excluding carboxylic acids is 2. The van der Waals surface area contributed by atoms with Crippen LogP contribution in [0.25, 0.3) is 0 Å². The Bertz CT molecular complexity index is 777. The van der Waals surface area contributed by atoms with Gasteiger partial charge in [-0.25, -0.2) is 0 Å². The maximum atomic E-state index is 10.8. The molecule has 140 valence electrons. The van der Waals surface area contributed by atoms with Gasteiger partial charge in [0, 0.05) is 0 Å². The van der Waals surface area contributed by atoms with Crippen molar-refractivity contribution in [3.63, 3.8) is 0 Å². The van der Waals surface area contributed by atoms with Crippen molar-refractivity contribution in [2.75, 3.05) is 20.8 Å². The van der Waals surface area contributed by atoms with Gasteiger partial charge in [0.25, 0.3) is 0 Å². The Labute approximate surface area is 168 Å². The van der Waals surface area contributed by atoms with E-state index in [2.05, 4.69) is 31.9 Å². The van der Waals surface area contributed by atoms with E-state index >= 15 is 0 Å². The monoisotopic (exact) mass is 488 g/mol. The molecule has 0 saturated heterocycles. The third kappa shape index (κ3) is 5.74. The van der Waals surface area contributed by atoms with Crippen LogP contribution in [0.3, 0.4) is 0 Å². The van der Waals surface area contributed by atoms with Crippen LogP contribution in [-0.2, 0) is 0 Å². The summed E-state index contributed by atoms with van der Waals surface area (Å²) < 4.78 is 16.4. The molecule has 0 spiro atoms. The fraction of sp³-hybridized carbons (Fsp3) is 0.222. The molecule has 0 radical (unpaired) electrons. The fourth-order valence-electron chi connectivity index (χ4n) is 1.89. The molecular formula is C18H18Br2O6. The number of hydrogen-bond donors (Lipinski definition) is 1. The van der Waals surface area contributed by atoms with Crippen molar-refractivity contribution in [3.8, 4) is 23.0 Å². The number of aldehydes is 2. The van der Waals surface area contributed by atoms with Crippen LogP contribution in [0.2, 0.25) is 0 Å². The van der Waals surface area contributed by atoms with Gasteiger partial charge in [-0.1, -0.05) is 0 Å². The van der Waals surface area contributed by atoms with Gasteiger partial charge < -0.3 is 19.3 Å². The zero-order valence-corrected chi connectivity index (χ0v) is 17.6. The maximum Gasteiger partial charge on any atom is 0.153 e. The Balaban J connectivity index is 0.000000263. The second-order valence-electron chi connectivity index (χ2n) is 4.74. The first kappa shape index (κ1) is 22.0. The molecule has 2 rings (SSSR count). The van der Waals surface area contributed by atoms with Gasteiger partial charge in [-0.05, 0) is 63.0 Å². The largest absolute Gasteiger partial charge is 0.506 e. The summed E-state index contributed by atoms with van der Waals surface area (Å²) >= 11 is 6.41. The molecule has 0 amide bonds. The van der Waals surface area contributed by atoms with Gasteiger partial charge in [0.1, 0.15) is 23.0 Å². The first-order valence-corrected chi connectivity index (χ1v) is 8.97. The summed E-state index contributed by atoms with van der Waals surface area (Å²) in [5.41, 5.74) is 0.694. The molecule has 1 N–H and O–H groups in total. The first-order chi connectivity index (χ1) is 12.4. The second kappa shape index (κ2) is 10.8. The van der Waals surface area contributed by atoms with Gasteiger partial charge in [0.05, 0.1) is 40.9 Å². The normalized spacial score (nSPS) is 9.58. The van der Waals surface area contributed by atoms with Gasteiger partial charge in [-0.15, -0.1) is 0 Å². The summed E-state index contributed by atoms with van der Waals surface area (Å²) in [6, 6.07) is 6.45. The number of benzene rings is 2. The number of aromatic hydroxyl groups is 1. The predicted octanol–water partition coefficient (Wildman–Crippen LogP) is 4.64. The minimum Gasteiger partial charge on any atom is -0.506 e. The molecular weight excluding hydrogens is 472 g/mol. The molecule has 0 bridgehead atoms. The summed E-state index contributed by atoms with van der Waals surface area (Å²) in [6.07, 6.45) is 1.32. The van der Waals surface area contributed by atoms with Gasteiger partial charge >= 0.3 is 0 Å². The first-order valence-electron chi connectivity index (χ1n) is 7.38. The lowest BCUT2D eigenvalue weighted by atomic mass is 10.2. The number of rotatable bonds is 6. The van der Waals surface area contributed by atoms with Crippen molar-refractivity contribution in [3.05, 3.63) is 44.3 Å². The average molecular weight is 490 g/mol. The van der Waals surface area contributed by atoms with Crippen molar-refractivity contribution in [2.24, 2.45) is 0 Å². The zero-order chi connectivity index (χ0) is 19.7. The Morgan fingerprint density at radius 1 is 0.923 bits per heavy atom. The molecule has 0 aliphatic heterocycles. The van der Waals surface area contributed by atoms with Crippen LogP contribution >= 0.6 is 31.9 Å². The van der Waals surface area contributed by atoms with Crippen LogP contribution in [0.5, 0.6) is 23.0 Å². The molecule has 2 aromatic rings. The van der Waals surface area contributed by atoms with Crippen molar-refractivity contribution in [1.82, 2.24) is 0 Å². The number of phenols is 1. The Kier molecular flexibility index (Phi) is 9.15. The molecule has 2 aromatic carbocycles. The van der Waals surface area contributed by atoms with Crippen LogP contribution in [0.1, 0.15) is 27.6 Å². The van der Waals surface area contributed by atoms with Crippen molar-refractivity contribution in [2.45, 2.75) is 6.92 Å². The second-order valence-corrected chi connectivity index (χ2v) is 6.45. The highest BCUT2D eigenvalue weighted by Gasteiger charge is 2.10. The number of hydrogen-bond acceptors (Lipinski definition) is 6. The van der Waals surface area contributed by atoms with Crippen LogP contribution in [0.4, 0.5) is 0 Å². The van der Waals surface area contributed by atoms with E-state index in [4.69, 9.17) is 14.2 Å². The van der Waals surface area contributed by atoms with E-state index in [1.165, 1.54) is 13.2 Å². The number of carbonyl (C=O) groups is 2. The molecule has 0 aromatic heterocycles. The molecule has 26 heavy (non-hydrogen) atoms. The Morgan fingerprint density at radius 2 is 1.42 bits per heavy atom.